The van der Waals surface area contributed by atoms with Gasteiger partial charge >= 0.3 is 0 Å². The van der Waals surface area contributed by atoms with Crippen molar-refractivity contribution in [1.29, 1.82) is 0 Å². The third-order valence-electron chi connectivity index (χ3n) is 1.11. The number of hydrogen-bond donors (Lipinski definition) is 3. The number of aliphatic hydroxyl groups excluding tert-OH is 2. The Balaban J connectivity index is 2.33. The zero-order chi connectivity index (χ0) is 8.97. The van der Waals surface area contributed by atoms with E-state index in [9.17, 15) is 0 Å². The molecule has 0 aliphatic heterocycles. The van der Waals surface area contributed by atoms with Crippen molar-refractivity contribution in [2.24, 2.45) is 0 Å². The Kier molecular flexibility index (Phi) is 3.80. The van der Waals surface area contributed by atoms with Gasteiger partial charge in [0.05, 0.1) is 18.9 Å². The summed E-state index contributed by atoms with van der Waals surface area (Å²) in [4.78, 5) is 3.99. The van der Waals surface area contributed by atoms with Gasteiger partial charge in [-0.2, -0.15) is 0 Å². The summed E-state index contributed by atoms with van der Waals surface area (Å²) in [7, 11) is 0. The Morgan fingerprint density at radius 3 is 3.00 bits per heavy atom. The summed E-state index contributed by atoms with van der Waals surface area (Å²) in [5.41, 5.74) is 5.45. The van der Waals surface area contributed by atoms with Crippen LogP contribution in [0.1, 0.15) is 0 Å². The van der Waals surface area contributed by atoms with Gasteiger partial charge in [0.25, 0.3) is 0 Å². The minimum absolute atomic E-state index is 0.214. The Bertz CT molecular complexity index is 241. The molecule has 0 radical (unpaired) electrons. The monoisotopic (exact) mass is 206 g/mol. The summed E-state index contributed by atoms with van der Waals surface area (Å²) in [6, 6.07) is 0. The SMILES string of the molecule is Nc1cnc(SCC(O)CO)s1. The van der Waals surface area contributed by atoms with Crippen LogP contribution in [0.15, 0.2) is 10.5 Å². The lowest BCUT2D eigenvalue weighted by Gasteiger charge is -2.02. The first kappa shape index (κ1) is 9.79. The predicted octanol–water partition coefficient (Wildman–Crippen LogP) is 0.171. The molecule has 4 nitrogen and oxygen atoms in total. The van der Waals surface area contributed by atoms with Gasteiger partial charge in [-0.25, -0.2) is 4.98 Å². The fraction of sp³-hybridized carbons (Fsp3) is 0.500. The van der Waals surface area contributed by atoms with Crippen molar-refractivity contribution in [3.63, 3.8) is 0 Å². The Labute approximate surface area is 78.4 Å². The number of thioether (sulfide) groups is 1. The Morgan fingerprint density at radius 1 is 1.75 bits per heavy atom. The Hall–Kier alpha value is -0.300. The van der Waals surface area contributed by atoms with E-state index < -0.39 is 6.10 Å². The lowest BCUT2D eigenvalue weighted by atomic mass is 10.4. The molecule has 0 aromatic carbocycles. The molecule has 1 atom stereocenters. The largest absolute Gasteiger partial charge is 0.394 e. The fourth-order valence-corrected chi connectivity index (χ4v) is 2.27. The van der Waals surface area contributed by atoms with E-state index in [1.54, 1.807) is 6.20 Å². The number of nitrogens with zero attached hydrogens (tertiary/aromatic N) is 1. The zero-order valence-electron chi connectivity index (χ0n) is 6.30. The number of aliphatic hydroxyl groups is 2. The highest BCUT2D eigenvalue weighted by Gasteiger charge is 2.05. The van der Waals surface area contributed by atoms with E-state index in [0.29, 0.717) is 10.8 Å². The molecule has 1 heterocycles. The molecule has 4 N–H and O–H groups in total. The molecule has 0 bridgehead atoms. The maximum Gasteiger partial charge on any atom is 0.151 e. The van der Waals surface area contributed by atoms with Crippen molar-refractivity contribution in [2.75, 3.05) is 18.1 Å². The molecule has 0 aliphatic carbocycles. The number of nitrogen functional groups attached to an aromatic ring is 1. The normalized spacial score (nSPS) is 13.2. The predicted molar refractivity (Wildman–Crippen MR) is 50.3 cm³/mol. The molecule has 1 unspecified atom stereocenters. The van der Waals surface area contributed by atoms with Gasteiger partial charge in [-0.05, 0) is 0 Å². The summed E-state index contributed by atoms with van der Waals surface area (Å²) in [5, 5.41) is 18.2. The molecule has 0 aliphatic rings. The number of nitrogens with two attached hydrogens (primary N) is 1. The van der Waals surface area contributed by atoms with Gasteiger partial charge in [-0.1, -0.05) is 23.1 Å². The lowest BCUT2D eigenvalue weighted by molar-refractivity contribution is 0.113. The van der Waals surface area contributed by atoms with Crippen molar-refractivity contribution < 1.29 is 10.2 Å². The van der Waals surface area contributed by atoms with Crippen molar-refractivity contribution in [2.45, 2.75) is 10.4 Å². The zero-order valence-corrected chi connectivity index (χ0v) is 7.94. The molecule has 68 valence electrons. The molecule has 12 heavy (non-hydrogen) atoms. The number of thiazole rings is 1. The topological polar surface area (TPSA) is 79.4 Å². The summed E-state index contributed by atoms with van der Waals surface area (Å²) in [6.07, 6.45) is 0.901. The molecule has 0 amide bonds. The quantitative estimate of drug-likeness (QED) is 0.612. The standard InChI is InChI=1S/C6H10N2O2S2/c7-5-1-8-6(12-5)11-3-4(10)2-9/h1,4,9-10H,2-3,7H2. The number of hydrogen-bond acceptors (Lipinski definition) is 6. The van der Waals surface area contributed by atoms with Gasteiger partial charge in [-0.15, -0.1) is 0 Å². The number of rotatable bonds is 4. The van der Waals surface area contributed by atoms with Crippen LogP contribution in [0.25, 0.3) is 0 Å². The van der Waals surface area contributed by atoms with Crippen LogP contribution in [0.4, 0.5) is 5.00 Å². The van der Waals surface area contributed by atoms with Gasteiger partial charge in [0, 0.05) is 5.75 Å². The Morgan fingerprint density at radius 2 is 2.50 bits per heavy atom. The third-order valence-corrected chi connectivity index (χ3v) is 3.24. The van der Waals surface area contributed by atoms with Gasteiger partial charge in [0.15, 0.2) is 4.34 Å². The first-order chi connectivity index (χ1) is 5.72. The van der Waals surface area contributed by atoms with Crippen LogP contribution in [0.3, 0.4) is 0 Å². The van der Waals surface area contributed by atoms with Gasteiger partial charge in [0.2, 0.25) is 0 Å². The fourth-order valence-electron chi connectivity index (χ4n) is 0.557. The molecular weight excluding hydrogens is 196 g/mol. The minimum Gasteiger partial charge on any atom is -0.394 e. The van der Waals surface area contributed by atoms with Crippen LogP contribution < -0.4 is 5.73 Å². The van der Waals surface area contributed by atoms with Crippen molar-refractivity contribution in [3.05, 3.63) is 6.20 Å². The molecule has 0 spiro atoms. The average Bonchev–Trinajstić information content (AvgIpc) is 2.47. The lowest BCUT2D eigenvalue weighted by Crippen LogP contribution is -2.14. The highest BCUT2D eigenvalue weighted by molar-refractivity contribution is 8.01. The maximum absolute atomic E-state index is 9.00. The average molecular weight is 206 g/mol. The van der Waals surface area contributed by atoms with Crippen LogP contribution in [0, 0.1) is 0 Å². The summed E-state index contributed by atoms with van der Waals surface area (Å²) in [5.74, 6) is 0.448. The summed E-state index contributed by atoms with van der Waals surface area (Å²) < 4.78 is 0.819. The van der Waals surface area contributed by atoms with Crippen molar-refractivity contribution in [3.8, 4) is 0 Å². The maximum atomic E-state index is 9.00. The summed E-state index contributed by atoms with van der Waals surface area (Å²) >= 11 is 2.77. The highest BCUT2D eigenvalue weighted by Crippen LogP contribution is 2.25. The van der Waals surface area contributed by atoms with Crippen LogP contribution in [-0.4, -0.2) is 33.7 Å². The number of aromatic nitrogens is 1. The van der Waals surface area contributed by atoms with E-state index in [-0.39, 0.29) is 6.61 Å². The second-order valence-corrected chi connectivity index (χ2v) is 4.51. The van der Waals surface area contributed by atoms with Gasteiger partial charge < -0.3 is 15.9 Å². The van der Waals surface area contributed by atoms with Crippen molar-refractivity contribution >= 4 is 28.1 Å². The van der Waals surface area contributed by atoms with Gasteiger partial charge in [-0.3, -0.25) is 0 Å². The smallest absolute Gasteiger partial charge is 0.151 e. The molecule has 0 saturated heterocycles. The van der Waals surface area contributed by atoms with Crippen LogP contribution >= 0.6 is 23.1 Å². The van der Waals surface area contributed by atoms with Crippen LogP contribution in [0.2, 0.25) is 0 Å². The van der Waals surface area contributed by atoms with E-state index in [2.05, 4.69) is 4.98 Å². The molecule has 0 saturated carbocycles. The molecular formula is C6H10N2O2S2. The second kappa shape index (κ2) is 4.66. The van der Waals surface area contributed by atoms with Gasteiger partial charge in [0.1, 0.15) is 5.00 Å². The molecule has 6 heteroatoms. The first-order valence-electron chi connectivity index (χ1n) is 3.35. The minimum atomic E-state index is -0.680. The third kappa shape index (κ3) is 2.98. The first-order valence-corrected chi connectivity index (χ1v) is 5.15. The van der Waals surface area contributed by atoms with Crippen LogP contribution in [0.5, 0.6) is 0 Å². The van der Waals surface area contributed by atoms with E-state index in [1.807, 2.05) is 0 Å². The molecule has 1 aromatic rings. The van der Waals surface area contributed by atoms with E-state index in [1.165, 1.54) is 23.1 Å². The highest BCUT2D eigenvalue weighted by atomic mass is 32.2. The second-order valence-electron chi connectivity index (χ2n) is 2.18. The van der Waals surface area contributed by atoms with Crippen LogP contribution in [-0.2, 0) is 0 Å². The molecule has 1 aromatic heterocycles. The number of anilines is 1. The van der Waals surface area contributed by atoms with E-state index in [4.69, 9.17) is 15.9 Å². The molecule has 1 rings (SSSR count). The molecule has 0 fully saturated rings. The summed E-state index contributed by atoms with van der Waals surface area (Å²) in [6.45, 7) is -0.214. The van der Waals surface area contributed by atoms with E-state index >= 15 is 0 Å². The van der Waals surface area contributed by atoms with Crippen molar-refractivity contribution in [1.82, 2.24) is 4.98 Å². The van der Waals surface area contributed by atoms with E-state index in [0.717, 1.165) is 4.34 Å².